The number of aromatic amines is 1. The lowest BCUT2D eigenvalue weighted by atomic mass is 10.2. The van der Waals surface area contributed by atoms with Crippen LogP contribution >= 0.6 is 28.1 Å². The van der Waals surface area contributed by atoms with Gasteiger partial charge >= 0.3 is 0 Å². The summed E-state index contributed by atoms with van der Waals surface area (Å²) >= 11 is 8.19. The van der Waals surface area contributed by atoms with Crippen molar-refractivity contribution in [2.45, 2.75) is 0 Å². The molecule has 0 aliphatic carbocycles. The third-order valence-electron chi connectivity index (χ3n) is 2.13. The summed E-state index contributed by atoms with van der Waals surface area (Å²) in [5.41, 5.74) is 0.608. The highest BCUT2D eigenvalue weighted by Crippen LogP contribution is 2.26. The Hall–Kier alpha value is -1.54. The van der Waals surface area contributed by atoms with Crippen molar-refractivity contribution in [2.24, 2.45) is 7.05 Å². The molecule has 1 aromatic carbocycles. The van der Waals surface area contributed by atoms with Crippen LogP contribution in [0.5, 0.6) is 0 Å². The molecule has 0 bridgehead atoms. The number of hydrogen-bond acceptors (Lipinski definition) is 4. The molecule has 0 fully saturated rings. The standard InChI is InChI=1S/C9H7BrN4O2S/c1-13-9(17)11-8(12-13)5-2-6(10)4-7(3-5)14(15)16/h2-4H,1H3,(H,11,12,17). The van der Waals surface area contributed by atoms with Gasteiger partial charge in [-0.25, -0.2) is 0 Å². The summed E-state index contributed by atoms with van der Waals surface area (Å²) in [5.74, 6) is 0.502. The van der Waals surface area contributed by atoms with Crippen LogP contribution in [0.2, 0.25) is 0 Å². The average molecular weight is 315 g/mol. The molecule has 0 atom stereocenters. The molecule has 0 aliphatic heterocycles. The van der Waals surface area contributed by atoms with Crippen molar-refractivity contribution >= 4 is 33.8 Å². The van der Waals surface area contributed by atoms with Crippen LogP contribution in [0.4, 0.5) is 5.69 Å². The van der Waals surface area contributed by atoms with Crippen molar-refractivity contribution < 1.29 is 4.92 Å². The first-order valence-electron chi connectivity index (χ1n) is 4.56. The summed E-state index contributed by atoms with van der Waals surface area (Å²) in [6, 6.07) is 4.61. The Kier molecular flexibility index (Phi) is 3.07. The van der Waals surface area contributed by atoms with Crippen LogP contribution in [0.3, 0.4) is 0 Å². The Bertz CT molecular complexity index is 649. The Balaban J connectivity index is 2.59. The highest BCUT2D eigenvalue weighted by molar-refractivity contribution is 9.10. The van der Waals surface area contributed by atoms with Gasteiger partial charge in [0.05, 0.1) is 4.92 Å². The maximum atomic E-state index is 10.7. The van der Waals surface area contributed by atoms with E-state index in [1.165, 1.54) is 12.1 Å². The first kappa shape index (κ1) is 11.9. The van der Waals surface area contributed by atoms with Gasteiger partial charge in [-0.3, -0.25) is 19.9 Å². The van der Waals surface area contributed by atoms with Crippen LogP contribution in [0, 0.1) is 14.9 Å². The normalized spacial score (nSPS) is 10.5. The molecule has 8 heteroatoms. The average Bonchev–Trinajstić information content (AvgIpc) is 2.58. The summed E-state index contributed by atoms with van der Waals surface area (Å²) in [6.45, 7) is 0. The second-order valence-corrected chi connectivity index (χ2v) is 4.65. The summed E-state index contributed by atoms with van der Waals surface area (Å²) in [5, 5.41) is 13.6. The van der Waals surface area contributed by atoms with Gasteiger partial charge < -0.3 is 0 Å². The first-order valence-corrected chi connectivity index (χ1v) is 5.76. The number of non-ortho nitro benzene ring substituents is 1. The predicted molar refractivity (Wildman–Crippen MR) is 68.2 cm³/mol. The number of nitrogens with zero attached hydrogens (tertiary/aromatic N) is 3. The third-order valence-corrected chi connectivity index (χ3v) is 2.96. The van der Waals surface area contributed by atoms with E-state index in [0.29, 0.717) is 20.6 Å². The van der Waals surface area contributed by atoms with Crippen LogP contribution in [0.25, 0.3) is 11.4 Å². The van der Waals surface area contributed by atoms with E-state index in [1.54, 1.807) is 17.8 Å². The molecule has 1 N–H and O–H groups in total. The number of nitro groups is 1. The Morgan fingerprint density at radius 3 is 2.76 bits per heavy atom. The van der Waals surface area contributed by atoms with Crippen molar-refractivity contribution in [3.63, 3.8) is 0 Å². The van der Waals surface area contributed by atoms with Gasteiger partial charge in [-0.1, -0.05) is 15.9 Å². The number of hydrogen-bond donors (Lipinski definition) is 1. The number of nitro benzene ring substituents is 1. The number of benzene rings is 1. The highest BCUT2D eigenvalue weighted by Gasteiger charge is 2.12. The molecule has 0 radical (unpaired) electrons. The van der Waals surface area contributed by atoms with E-state index in [1.807, 2.05) is 0 Å². The van der Waals surface area contributed by atoms with Gasteiger partial charge in [0.1, 0.15) is 0 Å². The second kappa shape index (κ2) is 4.38. The summed E-state index contributed by atoms with van der Waals surface area (Å²) < 4.78 is 2.58. The number of aromatic nitrogens is 3. The fourth-order valence-corrected chi connectivity index (χ4v) is 1.97. The molecule has 0 saturated heterocycles. The van der Waals surface area contributed by atoms with Crippen LogP contribution in [0.15, 0.2) is 22.7 Å². The molecule has 1 heterocycles. The molecular formula is C9H7BrN4O2S. The van der Waals surface area contributed by atoms with E-state index >= 15 is 0 Å². The molecule has 2 aromatic rings. The van der Waals surface area contributed by atoms with Crippen molar-refractivity contribution in [1.29, 1.82) is 0 Å². The van der Waals surface area contributed by atoms with Gasteiger partial charge in [-0.15, -0.1) is 0 Å². The maximum Gasteiger partial charge on any atom is 0.271 e. The highest BCUT2D eigenvalue weighted by atomic mass is 79.9. The minimum atomic E-state index is -0.453. The van der Waals surface area contributed by atoms with Crippen LogP contribution < -0.4 is 0 Å². The molecule has 0 amide bonds. The molecule has 0 spiro atoms. The van der Waals surface area contributed by atoms with E-state index in [2.05, 4.69) is 26.0 Å². The summed E-state index contributed by atoms with van der Waals surface area (Å²) in [6.07, 6.45) is 0. The van der Waals surface area contributed by atoms with Crippen molar-refractivity contribution in [3.8, 4) is 11.4 Å². The fraction of sp³-hybridized carbons (Fsp3) is 0.111. The zero-order valence-electron chi connectivity index (χ0n) is 8.68. The zero-order valence-corrected chi connectivity index (χ0v) is 11.1. The predicted octanol–water partition coefficient (Wildman–Crippen LogP) is 2.82. The van der Waals surface area contributed by atoms with E-state index in [4.69, 9.17) is 12.2 Å². The molecule has 2 rings (SSSR count). The van der Waals surface area contributed by atoms with Gasteiger partial charge in [0.15, 0.2) is 5.82 Å². The van der Waals surface area contributed by atoms with Crippen LogP contribution in [-0.4, -0.2) is 19.7 Å². The zero-order chi connectivity index (χ0) is 12.6. The van der Waals surface area contributed by atoms with Crippen LogP contribution in [0.1, 0.15) is 0 Å². The maximum absolute atomic E-state index is 10.7. The van der Waals surface area contributed by atoms with Gasteiger partial charge in [0.2, 0.25) is 4.77 Å². The Morgan fingerprint density at radius 2 is 2.24 bits per heavy atom. The molecule has 0 unspecified atom stereocenters. The molecule has 17 heavy (non-hydrogen) atoms. The molecule has 88 valence electrons. The molecular weight excluding hydrogens is 308 g/mol. The third kappa shape index (κ3) is 2.42. The SMILES string of the molecule is Cn1[nH]c(-c2cc(Br)cc([N+](=O)[O-])c2)nc1=S. The number of nitrogens with one attached hydrogen (secondary N) is 1. The van der Waals surface area contributed by atoms with E-state index in [-0.39, 0.29) is 5.69 Å². The largest absolute Gasteiger partial charge is 0.279 e. The summed E-state index contributed by atoms with van der Waals surface area (Å²) in [4.78, 5) is 14.4. The molecule has 0 aliphatic rings. The Morgan fingerprint density at radius 1 is 1.53 bits per heavy atom. The summed E-state index contributed by atoms with van der Waals surface area (Å²) in [7, 11) is 1.73. The molecule has 1 aromatic heterocycles. The lowest BCUT2D eigenvalue weighted by Crippen LogP contribution is -1.91. The van der Waals surface area contributed by atoms with E-state index < -0.39 is 4.92 Å². The fourth-order valence-electron chi connectivity index (χ4n) is 1.35. The quantitative estimate of drug-likeness (QED) is 0.525. The second-order valence-electron chi connectivity index (χ2n) is 3.37. The first-order chi connectivity index (χ1) is 7.97. The number of rotatable bonds is 2. The minimum absolute atomic E-state index is 0.000605. The number of aryl methyl sites for hydroxylation is 1. The van der Waals surface area contributed by atoms with Crippen molar-refractivity contribution in [2.75, 3.05) is 0 Å². The molecule has 6 nitrogen and oxygen atoms in total. The Labute approximate surface area is 110 Å². The van der Waals surface area contributed by atoms with Crippen molar-refractivity contribution in [3.05, 3.63) is 37.6 Å². The van der Waals surface area contributed by atoms with Crippen LogP contribution in [-0.2, 0) is 7.05 Å². The minimum Gasteiger partial charge on any atom is -0.279 e. The topological polar surface area (TPSA) is 76.8 Å². The van der Waals surface area contributed by atoms with Crippen molar-refractivity contribution in [1.82, 2.24) is 14.8 Å². The van der Waals surface area contributed by atoms with Gasteiger partial charge in [-0.05, 0) is 18.3 Å². The smallest absolute Gasteiger partial charge is 0.271 e. The lowest BCUT2D eigenvalue weighted by molar-refractivity contribution is -0.384. The van der Waals surface area contributed by atoms with E-state index in [9.17, 15) is 10.1 Å². The lowest BCUT2D eigenvalue weighted by Gasteiger charge is -1.98. The monoisotopic (exact) mass is 314 g/mol. The van der Waals surface area contributed by atoms with E-state index in [0.717, 1.165) is 0 Å². The number of H-pyrrole nitrogens is 1. The molecule has 0 saturated carbocycles. The van der Waals surface area contributed by atoms with Gasteiger partial charge in [0, 0.05) is 29.2 Å². The van der Waals surface area contributed by atoms with Gasteiger partial charge in [-0.2, -0.15) is 4.98 Å². The van der Waals surface area contributed by atoms with Gasteiger partial charge in [0.25, 0.3) is 5.69 Å². The number of halogens is 1.